The number of nitrogens with zero attached hydrogens (tertiary/aromatic N) is 1. The van der Waals surface area contributed by atoms with Gasteiger partial charge in [0.05, 0.1) is 12.3 Å². The minimum Gasteiger partial charge on any atom is -0.457 e. The zero-order valence-electron chi connectivity index (χ0n) is 20.2. The van der Waals surface area contributed by atoms with Gasteiger partial charge in [-0.3, -0.25) is 9.59 Å². The number of cyclic esters (lactones) is 1. The van der Waals surface area contributed by atoms with Crippen LogP contribution in [0.3, 0.4) is 0 Å². The van der Waals surface area contributed by atoms with Crippen LogP contribution in [-0.2, 0) is 32.8 Å². The molecule has 6 nitrogen and oxygen atoms in total. The summed E-state index contributed by atoms with van der Waals surface area (Å²) in [6, 6.07) is 3.95. The van der Waals surface area contributed by atoms with Crippen LogP contribution in [0.15, 0.2) is 22.4 Å². The molecular formula is C25H34N2O4S2. The van der Waals surface area contributed by atoms with E-state index in [1.54, 1.807) is 0 Å². The number of aryl methyl sites for hydroxylation is 2. The number of nitrogen functional groups attached to an aromatic ring is 1. The number of esters is 1. The van der Waals surface area contributed by atoms with Crippen molar-refractivity contribution in [3.05, 3.63) is 39.9 Å². The molecule has 3 rings (SSSR count). The van der Waals surface area contributed by atoms with Crippen molar-refractivity contribution >= 4 is 40.0 Å². The summed E-state index contributed by atoms with van der Waals surface area (Å²) in [6.07, 6.45) is 1.31. The summed E-state index contributed by atoms with van der Waals surface area (Å²) in [6.45, 7) is 12.1. The number of thioether (sulfide) groups is 1. The van der Waals surface area contributed by atoms with Gasteiger partial charge in [-0.15, -0.1) is 23.1 Å². The van der Waals surface area contributed by atoms with Gasteiger partial charge in [0.25, 0.3) is 0 Å². The summed E-state index contributed by atoms with van der Waals surface area (Å²) < 4.78 is 6.04. The van der Waals surface area contributed by atoms with Gasteiger partial charge in [0.2, 0.25) is 0 Å². The largest absolute Gasteiger partial charge is 0.457 e. The number of ketones is 1. The summed E-state index contributed by atoms with van der Waals surface area (Å²) >= 11 is 2.65. The van der Waals surface area contributed by atoms with Gasteiger partial charge in [0.1, 0.15) is 5.60 Å². The first-order valence-corrected chi connectivity index (χ1v) is 13.0. The van der Waals surface area contributed by atoms with Crippen molar-refractivity contribution in [3.63, 3.8) is 0 Å². The van der Waals surface area contributed by atoms with E-state index >= 15 is 0 Å². The van der Waals surface area contributed by atoms with Crippen LogP contribution < -0.4 is 5.73 Å². The molecule has 0 saturated carbocycles. The molecule has 0 bridgehead atoms. The third-order valence-corrected chi connectivity index (χ3v) is 8.38. The van der Waals surface area contributed by atoms with E-state index in [0.29, 0.717) is 18.0 Å². The smallest absolute Gasteiger partial charge is 0.327 e. The number of hydrogen-bond donors (Lipinski definition) is 2. The Morgan fingerprint density at radius 3 is 2.55 bits per heavy atom. The molecule has 0 spiro atoms. The van der Waals surface area contributed by atoms with Gasteiger partial charge in [-0.2, -0.15) is 0 Å². The number of carbonyl (C=O) groups excluding carboxylic acids is 2. The molecule has 2 aromatic rings. The molecule has 1 aromatic carbocycles. The number of aliphatic hydroxyl groups is 1. The lowest BCUT2D eigenvalue weighted by Gasteiger charge is -2.41. The van der Waals surface area contributed by atoms with Crippen molar-refractivity contribution in [1.82, 2.24) is 4.98 Å². The second-order valence-corrected chi connectivity index (χ2v) is 12.2. The third-order valence-electron chi connectivity index (χ3n) is 6.37. The minimum atomic E-state index is -0.896. The molecular weight excluding hydrogens is 456 g/mol. The summed E-state index contributed by atoms with van der Waals surface area (Å²) in [5.41, 5.74) is 8.33. The van der Waals surface area contributed by atoms with E-state index in [9.17, 15) is 14.7 Å². The van der Waals surface area contributed by atoms with Gasteiger partial charge in [-0.1, -0.05) is 40.7 Å². The van der Waals surface area contributed by atoms with Crippen molar-refractivity contribution in [3.8, 4) is 0 Å². The van der Waals surface area contributed by atoms with E-state index < -0.39 is 16.8 Å². The maximum absolute atomic E-state index is 13.3. The molecule has 3 N–H and O–H groups in total. The quantitative estimate of drug-likeness (QED) is 0.423. The zero-order chi connectivity index (χ0) is 24.6. The molecule has 0 aliphatic carbocycles. The van der Waals surface area contributed by atoms with E-state index in [1.807, 2.05) is 38.3 Å². The van der Waals surface area contributed by atoms with Crippen molar-refractivity contribution in [2.75, 3.05) is 5.73 Å². The lowest BCUT2D eigenvalue weighted by Crippen LogP contribution is -2.52. The standard InChI is InChI=1S/C25H34N2O4S2/c1-14(2)25(8-7-17-13-32-23(26)27-17)11-19(29)21(22(30)31-25)33-20-9-15(3)16(12-28)10-18(20)24(4,5)6/h9-10,13-14,21,28H,7-8,11-12H2,1-6H3,(H2,26,27). The normalized spacial score (nSPS) is 21.5. The van der Waals surface area contributed by atoms with E-state index in [0.717, 1.165) is 27.3 Å². The molecule has 1 aliphatic heterocycles. The predicted octanol–water partition coefficient (Wildman–Crippen LogP) is 4.83. The molecule has 33 heavy (non-hydrogen) atoms. The van der Waals surface area contributed by atoms with Crippen LogP contribution in [0.25, 0.3) is 0 Å². The van der Waals surface area contributed by atoms with Crippen molar-refractivity contribution < 1.29 is 19.4 Å². The summed E-state index contributed by atoms with van der Waals surface area (Å²) in [4.78, 5) is 31.7. The molecule has 8 heteroatoms. The molecule has 2 unspecified atom stereocenters. The average molecular weight is 491 g/mol. The summed E-state index contributed by atoms with van der Waals surface area (Å²) in [5, 5.41) is 11.2. The third kappa shape index (κ3) is 5.61. The highest BCUT2D eigenvalue weighted by Gasteiger charge is 2.49. The Labute approximate surface area is 204 Å². The number of ether oxygens (including phenoxy) is 1. The van der Waals surface area contributed by atoms with Crippen LogP contribution in [0.4, 0.5) is 5.13 Å². The fourth-order valence-corrected chi connectivity index (χ4v) is 6.10. The number of thiazole rings is 1. The fraction of sp³-hybridized carbons (Fsp3) is 0.560. The lowest BCUT2D eigenvalue weighted by atomic mass is 9.79. The van der Waals surface area contributed by atoms with E-state index in [-0.39, 0.29) is 30.1 Å². The Balaban J connectivity index is 1.84. The van der Waals surface area contributed by atoms with Crippen molar-refractivity contribution in [1.29, 1.82) is 0 Å². The van der Waals surface area contributed by atoms with Crippen LogP contribution in [0, 0.1) is 12.8 Å². The average Bonchev–Trinajstić information content (AvgIpc) is 3.13. The highest BCUT2D eigenvalue weighted by atomic mass is 32.2. The summed E-state index contributed by atoms with van der Waals surface area (Å²) in [7, 11) is 0. The monoisotopic (exact) mass is 490 g/mol. The van der Waals surface area contributed by atoms with Crippen LogP contribution >= 0.6 is 23.1 Å². The van der Waals surface area contributed by atoms with Gasteiger partial charge in [0.15, 0.2) is 16.2 Å². The number of anilines is 1. The molecule has 0 radical (unpaired) electrons. The van der Waals surface area contributed by atoms with Gasteiger partial charge in [0, 0.05) is 16.7 Å². The van der Waals surface area contributed by atoms with Crippen molar-refractivity contribution in [2.24, 2.45) is 5.92 Å². The van der Waals surface area contributed by atoms with E-state index in [4.69, 9.17) is 10.5 Å². The van der Waals surface area contributed by atoms with Crippen LogP contribution in [0.1, 0.15) is 69.8 Å². The number of Topliss-reactive ketones (excluding diaryl/α,β-unsaturated/α-hetero) is 1. The van der Waals surface area contributed by atoms with Gasteiger partial charge in [-0.25, -0.2) is 4.98 Å². The number of benzene rings is 1. The summed E-state index contributed by atoms with van der Waals surface area (Å²) in [5.74, 6) is -0.596. The molecule has 2 heterocycles. The zero-order valence-corrected chi connectivity index (χ0v) is 21.9. The van der Waals surface area contributed by atoms with E-state index in [1.165, 1.54) is 23.1 Å². The van der Waals surface area contributed by atoms with Crippen LogP contribution in [0.5, 0.6) is 0 Å². The second-order valence-electron chi connectivity index (χ2n) is 10.1. The first-order chi connectivity index (χ1) is 15.4. The van der Waals surface area contributed by atoms with Crippen molar-refractivity contribution in [2.45, 2.75) is 88.6 Å². The maximum atomic E-state index is 13.3. The molecule has 1 aliphatic rings. The predicted molar refractivity (Wildman–Crippen MR) is 134 cm³/mol. The van der Waals surface area contributed by atoms with Gasteiger partial charge in [-0.05, 0) is 53.9 Å². The van der Waals surface area contributed by atoms with Gasteiger partial charge >= 0.3 is 5.97 Å². The minimum absolute atomic E-state index is 0.0106. The number of aliphatic hydroxyl groups excluding tert-OH is 1. The number of nitrogens with two attached hydrogens (primary N) is 1. The number of hydrogen-bond acceptors (Lipinski definition) is 8. The Morgan fingerprint density at radius 1 is 1.33 bits per heavy atom. The molecule has 1 fully saturated rings. The Morgan fingerprint density at radius 2 is 2.03 bits per heavy atom. The Kier molecular flexibility index (Phi) is 7.61. The Hall–Kier alpha value is -1.90. The highest BCUT2D eigenvalue weighted by molar-refractivity contribution is 8.01. The molecule has 2 atom stereocenters. The SMILES string of the molecule is Cc1cc(SC2C(=O)CC(CCc3csc(N)n3)(C(C)C)OC2=O)c(C(C)(C)C)cc1CO. The number of carbonyl (C=O) groups is 2. The maximum Gasteiger partial charge on any atom is 0.327 e. The first-order valence-electron chi connectivity index (χ1n) is 11.2. The van der Waals surface area contributed by atoms with Crippen LogP contribution in [0.2, 0.25) is 0 Å². The van der Waals surface area contributed by atoms with Gasteiger partial charge < -0.3 is 15.6 Å². The van der Waals surface area contributed by atoms with E-state index in [2.05, 4.69) is 25.8 Å². The topological polar surface area (TPSA) is 103 Å². The molecule has 1 aromatic heterocycles. The fourth-order valence-electron chi connectivity index (χ4n) is 4.16. The lowest BCUT2D eigenvalue weighted by molar-refractivity contribution is -0.176. The highest BCUT2D eigenvalue weighted by Crippen LogP contribution is 2.42. The molecule has 0 amide bonds. The molecule has 1 saturated heterocycles. The molecule has 180 valence electrons. The Bertz CT molecular complexity index is 1020. The number of rotatable bonds is 7. The number of aromatic nitrogens is 1. The second kappa shape index (κ2) is 9.76. The van der Waals surface area contributed by atoms with Crippen LogP contribution in [-0.4, -0.2) is 32.7 Å². The first kappa shape index (κ1) is 25.7.